The lowest BCUT2D eigenvalue weighted by atomic mass is 10.1. The van der Waals surface area contributed by atoms with Crippen molar-refractivity contribution in [1.82, 2.24) is 15.5 Å². The molecule has 1 aromatic carbocycles. The van der Waals surface area contributed by atoms with Crippen molar-refractivity contribution in [3.63, 3.8) is 0 Å². The highest BCUT2D eigenvalue weighted by molar-refractivity contribution is 5.79. The van der Waals surface area contributed by atoms with E-state index in [4.69, 9.17) is 4.74 Å². The van der Waals surface area contributed by atoms with Crippen molar-refractivity contribution < 1.29 is 4.74 Å². The van der Waals surface area contributed by atoms with Crippen molar-refractivity contribution in [2.75, 3.05) is 40.9 Å². The molecule has 21 heavy (non-hydrogen) atoms. The van der Waals surface area contributed by atoms with Crippen molar-refractivity contribution in [2.24, 2.45) is 4.99 Å². The number of nitrogens with zero attached hydrogens (tertiary/aromatic N) is 2. The summed E-state index contributed by atoms with van der Waals surface area (Å²) in [5, 5.41) is 6.51. The summed E-state index contributed by atoms with van der Waals surface area (Å²) >= 11 is 0. The van der Waals surface area contributed by atoms with Crippen LogP contribution in [0.3, 0.4) is 0 Å². The van der Waals surface area contributed by atoms with Crippen LogP contribution in [0.4, 0.5) is 0 Å². The van der Waals surface area contributed by atoms with Gasteiger partial charge in [0.15, 0.2) is 5.96 Å². The standard InChI is InChI=1S/C16H28N4O/c1-5-21-11-10-18-16(17-2)19-12-14-6-8-15(9-7-14)13-20(3)4/h6-9H,5,10-13H2,1-4H3,(H2,17,18,19). The van der Waals surface area contributed by atoms with Crippen LogP contribution < -0.4 is 10.6 Å². The summed E-state index contributed by atoms with van der Waals surface area (Å²) < 4.78 is 5.29. The molecular weight excluding hydrogens is 264 g/mol. The van der Waals surface area contributed by atoms with E-state index in [1.807, 2.05) is 6.92 Å². The number of guanidine groups is 1. The first-order chi connectivity index (χ1) is 10.2. The van der Waals surface area contributed by atoms with Gasteiger partial charge in [-0.15, -0.1) is 0 Å². The number of hydrogen-bond acceptors (Lipinski definition) is 3. The van der Waals surface area contributed by atoms with E-state index in [0.29, 0.717) is 6.61 Å². The van der Waals surface area contributed by atoms with Gasteiger partial charge in [0.25, 0.3) is 0 Å². The highest BCUT2D eigenvalue weighted by Gasteiger charge is 1.99. The largest absolute Gasteiger partial charge is 0.380 e. The highest BCUT2D eigenvalue weighted by Crippen LogP contribution is 2.05. The predicted octanol–water partition coefficient (Wildman–Crippen LogP) is 1.45. The second-order valence-corrected chi connectivity index (χ2v) is 5.10. The maximum Gasteiger partial charge on any atom is 0.191 e. The normalized spacial score (nSPS) is 11.8. The van der Waals surface area contributed by atoms with Gasteiger partial charge in [0.05, 0.1) is 6.61 Å². The van der Waals surface area contributed by atoms with E-state index in [-0.39, 0.29) is 0 Å². The Balaban J connectivity index is 2.35. The minimum absolute atomic E-state index is 0.691. The van der Waals surface area contributed by atoms with Crippen molar-refractivity contribution in [3.05, 3.63) is 35.4 Å². The number of benzene rings is 1. The van der Waals surface area contributed by atoms with E-state index in [1.54, 1.807) is 7.05 Å². The first kappa shape index (κ1) is 17.5. The molecule has 0 aliphatic rings. The number of ether oxygens (including phenoxy) is 1. The Morgan fingerprint density at radius 1 is 1.14 bits per heavy atom. The third kappa shape index (κ3) is 7.68. The number of aliphatic imine (C=N–C) groups is 1. The summed E-state index contributed by atoms with van der Waals surface area (Å²) in [4.78, 5) is 6.35. The second kappa shape index (κ2) is 10.2. The van der Waals surface area contributed by atoms with Gasteiger partial charge < -0.3 is 20.3 Å². The van der Waals surface area contributed by atoms with Crippen LogP contribution in [0, 0.1) is 0 Å². The van der Waals surface area contributed by atoms with E-state index in [9.17, 15) is 0 Å². The number of nitrogens with one attached hydrogen (secondary N) is 2. The average molecular weight is 292 g/mol. The fourth-order valence-corrected chi connectivity index (χ4v) is 1.92. The molecule has 5 nitrogen and oxygen atoms in total. The summed E-state index contributed by atoms with van der Waals surface area (Å²) in [7, 11) is 5.93. The minimum Gasteiger partial charge on any atom is -0.380 e. The molecule has 1 aromatic rings. The zero-order chi connectivity index (χ0) is 15.5. The van der Waals surface area contributed by atoms with E-state index in [0.717, 1.165) is 32.2 Å². The first-order valence-corrected chi connectivity index (χ1v) is 7.40. The predicted molar refractivity (Wildman–Crippen MR) is 88.5 cm³/mol. The molecule has 0 bridgehead atoms. The maximum absolute atomic E-state index is 5.29. The SMILES string of the molecule is CCOCCNC(=NC)NCc1ccc(CN(C)C)cc1. The topological polar surface area (TPSA) is 48.9 Å². The fourth-order valence-electron chi connectivity index (χ4n) is 1.92. The Bertz CT molecular complexity index is 415. The smallest absolute Gasteiger partial charge is 0.191 e. The molecule has 0 spiro atoms. The second-order valence-electron chi connectivity index (χ2n) is 5.10. The Kier molecular flexibility index (Phi) is 8.47. The van der Waals surface area contributed by atoms with Gasteiger partial charge in [-0.1, -0.05) is 24.3 Å². The van der Waals surface area contributed by atoms with Gasteiger partial charge in [0.2, 0.25) is 0 Å². The lowest BCUT2D eigenvalue weighted by molar-refractivity contribution is 0.152. The molecule has 0 aliphatic heterocycles. The quantitative estimate of drug-likeness (QED) is 0.432. The van der Waals surface area contributed by atoms with Gasteiger partial charge >= 0.3 is 0 Å². The monoisotopic (exact) mass is 292 g/mol. The number of rotatable bonds is 8. The molecule has 0 saturated carbocycles. The van der Waals surface area contributed by atoms with Gasteiger partial charge in [0, 0.05) is 33.3 Å². The third-order valence-electron chi connectivity index (χ3n) is 2.95. The maximum atomic E-state index is 5.29. The zero-order valence-corrected chi connectivity index (χ0v) is 13.6. The molecule has 1 rings (SSSR count). The lowest BCUT2D eigenvalue weighted by Gasteiger charge is -2.13. The molecule has 0 fully saturated rings. The molecule has 118 valence electrons. The highest BCUT2D eigenvalue weighted by atomic mass is 16.5. The average Bonchev–Trinajstić information content (AvgIpc) is 2.47. The van der Waals surface area contributed by atoms with Crippen molar-refractivity contribution in [2.45, 2.75) is 20.0 Å². The van der Waals surface area contributed by atoms with Crippen LogP contribution in [-0.4, -0.2) is 51.8 Å². The molecule has 2 N–H and O–H groups in total. The summed E-state index contributed by atoms with van der Waals surface area (Å²) in [5.41, 5.74) is 2.56. The fraction of sp³-hybridized carbons (Fsp3) is 0.562. The van der Waals surface area contributed by atoms with Gasteiger partial charge in [-0.05, 0) is 32.1 Å². The van der Waals surface area contributed by atoms with E-state index >= 15 is 0 Å². The molecular formula is C16H28N4O. The molecule has 5 heteroatoms. The van der Waals surface area contributed by atoms with Crippen LogP contribution in [-0.2, 0) is 17.8 Å². The van der Waals surface area contributed by atoms with Gasteiger partial charge in [-0.2, -0.15) is 0 Å². The Hall–Kier alpha value is -1.59. The van der Waals surface area contributed by atoms with Crippen LogP contribution >= 0.6 is 0 Å². The summed E-state index contributed by atoms with van der Waals surface area (Å²) in [6.07, 6.45) is 0. The molecule has 0 unspecified atom stereocenters. The molecule has 0 saturated heterocycles. The van der Waals surface area contributed by atoms with E-state index < -0.39 is 0 Å². The van der Waals surface area contributed by atoms with Crippen LogP contribution in [0.15, 0.2) is 29.3 Å². The summed E-state index contributed by atoms with van der Waals surface area (Å²) in [5.74, 6) is 0.798. The van der Waals surface area contributed by atoms with E-state index in [1.165, 1.54) is 11.1 Å². The Labute approximate surface area is 128 Å². The summed E-state index contributed by atoms with van der Waals surface area (Å²) in [6.45, 7) is 5.91. The Morgan fingerprint density at radius 3 is 2.38 bits per heavy atom. The van der Waals surface area contributed by atoms with Crippen molar-refractivity contribution in [3.8, 4) is 0 Å². The molecule has 0 atom stereocenters. The molecule has 0 aromatic heterocycles. The van der Waals surface area contributed by atoms with Gasteiger partial charge in [-0.25, -0.2) is 0 Å². The van der Waals surface area contributed by atoms with Crippen LogP contribution in [0.5, 0.6) is 0 Å². The molecule has 0 heterocycles. The van der Waals surface area contributed by atoms with Gasteiger partial charge in [0.1, 0.15) is 0 Å². The van der Waals surface area contributed by atoms with Gasteiger partial charge in [-0.3, -0.25) is 4.99 Å². The van der Waals surface area contributed by atoms with Crippen LogP contribution in [0.25, 0.3) is 0 Å². The van der Waals surface area contributed by atoms with Crippen LogP contribution in [0.1, 0.15) is 18.1 Å². The number of hydrogen-bond donors (Lipinski definition) is 2. The zero-order valence-electron chi connectivity index (χ0n) is 13.6. The van der Waals surface area contributed by atoms with Crippen molar-refractivity contribution in [1.29, 1.82) is 0 Å². The van der Waals surface area contributed by atoms with Crippen molar-refractivity contribution >= 4 is 5.96 Å². The van der Waals surface area contributed by atoms with Crippen LogP contribution in [0.2, 0.25) is 0 Å². The first-order valence-electron chi connectivity index (χ1n) is 7.40. The lowest BCUT2D eigenvalue weighted by Crippen LogP contribution is -2.38. The molecule has 0 radical (unpaired) electrons. The third-order valence-corrected chi connectivity index (χ3v) is 2.95. The minimum atomic E-state index is 0.691. The molecule has 0 aliphatic carbocycles. The van der Waals surface area contributed by atoms with E-state index in [2.05, 4.69) is 58.9 Å². The summed E-state index contributed by atoms with van der Waals surface area (Å²) in [6, 6.07) is 8.64. The Morgan fingerprint density at radius 2 is 1.81 bits per heavy atom. The molecule has 0 amide bonds.